The smallest absolute Gasteiger partial charge is 0.326 e. The molecule has 0 amide bonds. The minimum atomic E-state index is -1.17. The Balaban J connectivity index is 2.76. The van der Waals surface area contributed by atoms with Gasteiger partial charge in [0.1, 0.15) is 6.54 Å². The predicted molar refractivity (Wildman–Crippen MR) is 72.1 cm³/mol. The molecule has 1 heterocycles. The number of aromatic amines is 1. The maximum atomic E-state index is 13.6. The summed E-state index contributed by atoms with van der Waals surface area (Å²) in [7, 11) is 0. The number of hydrogen-bond donors (Lipinski definition) is 1. The van der Waals surface area contributed by atoms with Gasteiger partial charge in [0.25, 0.3) is 0 Å². The second kappa shape index (κ2) is 5.76. The number of ether oxygens (including phenoxy) is 1. The van der Waals surface area contributed by atoms with Crippen molar-refractivity contribution >= 4 is 22.7 Å². The van der Waals surface area contributed by atoms with Gasteiger partial charge in [-0.3, -0.25) is 29.1 Å². The van der Waals surface area contributed by atoms with Crippen molar-refractivity contribution in [3.63, 3.8) is 0 Å². The van der Waals surface area contributed by atoms with E-state index >= 15 is 0 Å². The van der Waals surface area contributed by atoms with Crippen LogP contribution in [0.1, 0.15) is 6.92 Å². The number of nitrogens with zero attached hydrogens (tertiary/aromatic N) is 2. The number of aromatic nitrogens is 2. The molecule has 10 heteroatoms. The van der Waals surface area contributed by atoms with Crippen LogP contribution in [-0.4, -0.2) is 27.1 Å². The summed E-state index contributed by atoms with van der Waals surface area (Å²) in [4.78, 5) is 46.8. The molecule has 0 unspecified atom stereocenters. The van der Waals surface area contributed by atoms with Gasteiger partial charge in [-0.25, -0.2) is 0 Å². The van der Waals surface area contributed by atoms with Crippen molar-refractivity contribution in [2.75, 3.05) is 6.61 Å². The number of hydrogen-bond acceptors (Lipinski definition) is 6. The van der Waals surface area contributed by atoms with Crippen LogP contribution < -0.4 is 11.1 Å². The van der Waals surface area contributed by atoms with E-state index in [-0.39, 0.29) is 17.6 Å². The zero-order valence-corrected chi connectivity index (χ0v) is 11.3. The van der Waals surface area contributed by atoms with Crippen LogP contribution in [0.5, 0.6) is 0 Å². The van der Waals surface area contributed by atoms with Gasteiger partial charge in [0.05, 0.1) is 22.6 Å². The van der Waals surface area contributed by atoms with E-state index in [1.165, 1.54) is 0 Å². The van der Waals surface area contributed by atoms with Crippen LogP contribution in [0.15, 0.2) is 21.7 Å². The Morgan fingerprint density at radius 3 is 2.73 bits per heavy atom. The molecule has 1 aromatic carbocycles. The first-order valence-electron chi connectivity index (χ1n) is 6.11. The molecule has 9 nitrogen and oxygen atoms in total. The Hall–Kier alpha value is -3.04. The van der Waals surface area contributed by atoms with E-state index in [1.807, 2.05) is 0 Å². The number of fused-ring (bicyclic) bond motifs is 1. The summed E-state index contributed by atoms with van der Waals surface area (Å²) in [6.07, 6.45) is 0. The molecule has 0 fully saturated rings. The lowest BCUT2D eigenvalue weighted by Crippen LogP contribution is -2.38. The molecule has 0 atom stereocenters. The molecular weight excluding hydrogens is 301 g/mol. The SMILES string of the molecule is CCOC(=O)Cn1c(=O)c(=O)[nH]c2cc(F)c([N+](=O)[O-])cc21. The van der Waals surface area contributed by atoms with Crippen molar-refractivity contribution in [2.24, 2.45) is 0 Å². The van der Waals surface area contributed by atoms with E-state index in [4.69, 9.17) is 0 Å². The highest BCUT2D eigenvalue weighted by Gasteiger charge is 2.19. The van der Waals surface area contributed by atoms with Crippen molar-refractivity contribution in [2.45, 2.75) is 13.5 Å². The van der Waals surface area contributed by atoms with Gasteiger partial charge in [0.2, 0.25) is 5.82 Å². The third-order valence-electron chi connectivity index (χ3n) is 2.83. The fraction of sp³-hybridized carbons (Fsp3) is 0.250. The van der Waals surface area contributed by atoms with Crippen LogP contribution in [0.25, 0.3) is 11.0 Å². The van der Waals surface area contributed by atoms with Crippen molar-refractivity contribution in [1.82, 2.24) is 9.55 Å². The van der Waals surface area contributed by atoms with Crippen LogP contribution in [0.3, 0.4) is 0 Å². The summed E-state index contributed by atoms with van der Waals surface area (Å²) in [6.45, 7) is 0.996. The maximum absolute atomic E-state index is 13.6. The van der Waals surface area contributed by atoms with Crippen molar-refractivity contribution in [3.05, 3.63) is 48.8 Å². The molecular formula is C12H10FN3O6. The Labute approximate surface area is 121 Å². The van der Waals surface area contributed by atoms with Crippen LogP contribution in [0.2, 0.25) is 0 Å². The van der Waals surface area contributed by atoms with Crippen LogP contribution in [0.4, 0.5) is 10.1 Å². The lowest BCUT2D eigenvalue weighted by molar-refractivity contribution is -0.387. The Morgan fingerprint density at radius 1 is 1.45 bits per heavy atom. The first kappa shape index (κ1) is 15.4. The van der Waals surface area contributed by atoms with E-state index in [0.29, 0.717) is 4.57 Å². The number of halogens is 1. The predicted octanol–water partition coefficient (Wildman–Crippen LogP) is 0.300. The molecule has 0 aliphatic heterocycles. The van der Waals surface area contributed by atoms with Gasteiger partial charge in [-0.1, -0.05) is 0 Å². The third-order valence-corrected chi connectivity index (χ3v) is 2.83. The standard InChI is InChI=1S/C12H10FN3O6/c1-2-22-10(17)5-15-9-4-8(16(20)21)6(13)3-7(9)14-11(18)12(15)19/h3-4H,2,5H2,1H3,(H,14,18). The second-order valence-electron chi connectivity index (χ2n) is 4.23. The molecule has 22 heavy (non-hydrogen) atoms. The second-order valence-corrected chi connectivity index (χ2v) is 4.23. The quantitative estimate of drug-likeness (QED) is 0.375. The van der Waals surface area contributed by atoms with E-state index < -0.39 is 40.1 Å². The number of nitrogens with one attached hydrogen (secondary N) is 1. The topological polar surface area (TPSA) is 124 Å². The fourth-order valence-electron chi connectivity index (χ4n) is 1.91. The van der Waals surface area contributed by atoms with Gasteiger partial charge < -0.3 is 9.72 Å². The van der Waals surface area contributed by atoms with E-state index in [2.05, 4.69) is 9.72 Å². The van der Waals surface area contributed by atoms with Gasteiger partial charge in [-0.05, 0) is 6.92 Å². The lowest BCUT2D eigenvalue weighted by Gasteiger charge is -2.09. The molecule has 2 rings (SSSR count). The highest BCUT2D eigenvalue weighted by Crippen LogP contribution is 2.22. The molecule has 0 radical (unpaired) electrons. The first-order chi connectivity index (χ1) is 10.3. The van der Waals surface area contributed by atoms with Crippen molar-refractivity contribution in [1.29, 1.82) is 0 Å². The number of nitro groups is 1. The molecule has 0 spiro atoms. The Morgan fingerprint density at radius 2 is 2.14 bits per heavy atom. The normalized spacial score (nSPS) is 10.6. The summed E-state index contributed by atoms with van der Waals surface area (Å²) in [5, 5.41) is 10.8. The average molecular weight is 311 g/mol. The molecule has 2 aromatic rings. The van der Waals surface area contributed by atoms with Crippen molar-refractivity contribution in [3.8, 4) is 0 Å². The minimum Gasteiger partial charge on any atom is -0.465 e. The third kappa shape index (κ3) is 2.71. The first-order valence-corrected chi connectivity index (χ1v) is 6.11. The fourth-order valence-corrected chi connectivity index (χ4v) is 1.91. The highest BCUT2D eigenvalue weighted by molar-refractivity contribution is 5.79. The van der Waals surface area contributed by atoms with Crippen LogP contribution >= 0.6 is 0 Å². The summed E-state index contributed by atoms with van der Waals surface area (Å²) in [5.41, 5.74) is -3.34. The summed E-state index contributed by atoms with van der Waals surface area (Å²) in [6, 6.07) is 1.50. The lowest BCUT2D eigenvalue weighted by atomic mass is 10.2. The monoisotopic (exact) mass is 311 g/mol. The average Bonchev–Trinajstić information content (AvgIpc) is 2.43. The zero-order valence-electron chi connectivity index (χ0n) is 11.3. The van der Waals surface area contributed by atoms with Gasteiger partial charge in [0, 0.05) is 12.1 Å². The summed E-state index contributed by atoms with van der Waals surface area (Å²) < 4.78 is 19.0. The molecule has 0 saturated carbocycles. The molecule has 0 saturated heterocycles. The number of rotatable bonds is 4. The van der Waals surface area contributed by atoms with Crippen LogP contribution in [-0.2, 0) is 16.1 Å². The Bertz CT molecular complexity index is 885. The minimum absolute atomic E-state index is 0.0590. The van der Waals surface area contributed by atoms with Gasteiger partial charge >= 0.3 is 22.8 Å². The summed E-state index contributed by atoms with van der Waals surface area (Å²) in [5.74, 6) is -1.97. The summed E-state index contributed by atoms with van der Waals surface area (Å²) >= 11 is 0. The molecule has 0 aliphatic carbocycles. The van der Waals surface area contributed by atoms with E-state index in [1.54, 1.807) is 6.92 Å². The highest BCUT2D eigenvalue weighted by atomic mass is 19.1. The molecule has 1 N–H and O–H groups in total. The maximum Gasteiger partial charge on any atom is 0.326 e. The molecule has 0 bridgehead atoms. The molecule has 116 valence electrons. The number of H-pyrrole nitrogens is 1. The van der Waals surface area contributed by atoms with Gasteiger partial charge in [0.15, 0.2) is 0 Å². The van der Waals surface area contributed by atoms with Crippen molar-refractivity contribution < 1.29 is 18.8 Å². The zero-order chi connectivity index (χ0) is 16.4. The molecule has 1 aromatic heterocycles. The number of benzene rings is 1. The number of carbonyl (C=O) groups excluding carboxylic acids is 1. The largest absolute Gasteiger partial charge is 0.465 e. The van der Waals surface area contributed by atoms with E-state index in [9.17, 15) is 28.9 Å². The van der Waals surface area contributed by atoms with E-state index in [0.717, 1.165) is 12.1 Å². The van der Waals surface area contributed by atoms with Gasteiger partial charge in [-0.15, -0.1) is 0 Å². The van der Waals surface area contributed by atoms with Crippen LogP contribution in [0, 0.1) is 15.9 Å². The number of nitro benzene ring substituents is 1. The Kier molecular flexibility index (Phi) is 4.02. The van der Waals surface area contributed by atoms with Gasteiger partial charge in [-0.2, -0.15) is 4.39 Å². The number of carbonyl (C=O) groups is 1. The number of esters is 1. The molecule has 0 aliphatic rings.